The number of allylic oxidation sites excluding steroid dienone is 1. The highest BCUT2D eigenvalue weighted by molar-refractivity contribution is 5.66. The fourth-order valence-corrected chi connectivity index (χ4v) is 7.88. The second kappa shape index (κ2) is 12.1. The average molecular weight is 595 g/mol. The molecule has 0 radical (unpaired) electrons. The smallest absolute Gasteiger partial charge is 0.408 e. The number of epoxide rings is 2. The summed E-state index contributed by atoms with van der Waals surface area (Å²) >= 11 is 0. The molecule has 9 nitrogen and oxygen atoms in total. The molecule has 4 fully saturated rings. The van der Waals surface area contributed by atoms with Crippen LogP contribution in [0.4, 0.5) is 13.6 Å². The number of ether oxygens (including phenoxy) is 3. The lowest BCUT2D eigenvalue weighted by molar-refractivity contribution is -0.102. The van der Waals surface area contributed by atoms with Crippen LogP contribution in [0.2, 0.25) is 0 Å². The zero-order valence-electron chi connectivity index (χ0n) is 25.8. The molecule has 1 saturated carbocycles. The first-order valence-electron chi connectivity index (χ1n) is 15.4. The highest BCUT2D eigenvalue weighted by Crippen LogP contribution is 2.60. The van der Waals surface area contributed by atoms with Crippen LogP contribution in [0.5, 0.6) is 0 Å². The van der Waals surface area contributed by atoms with Gasteiger partial charge < -0.3 is 23.9 Å². The zero-order valence-corrected chi connectivity index (χ0v) is 25.8. The molecule has 1 amide bonds. The summed E-state index contributed by atoms with van der Waals surface area (Å²) in [6, 6.07) is -0.873. The van der Waals surface area contributed by atoms with Gasteiger partial charge in [-0.15, -0.1) is 0 Å². The summed E-state index contributed by atoms with van der Waals surface area (Å²) in [7, 11) is 1.67. The van der Waals surface area contributed by atoms with Crippen molar-refractivity contribution in [3.8, 4) is 0 Å². The van der Waals surface area contributed by atoms with Crippen LogP contribution in [-0.2, 0) is 20.8 Å². The molecule has 0 bridgehead atoms. The molecule has 1 aromatic heterocycles. The molecule has 4 aliphatic rings. The quantitative estimate of drug-likeness (QED) is 0.262. The number of alkyl halides is 2. The van der Waals surface area contributed by atoms with Crippen molar-refractivity contribution in [2.75, 3.05) is 33.4 Å². The molecule has 1 spiro atoms. The molecule has 1 aliphatic carbocycles. The minimum atomic E-state index is -2.33. The minimum absolute atomic E-state index is 0.0388. The number of aromatic nitrogens is 2. The summed E-state index contributed by atoms with van der Waals surface area (Å²) in [5.74, 6) is 0.110. The van der Waals surface area contributed by atoms with Crippen LogP contribution in [0.1, 0.15) is 72.0 Å². The van der Waals surface area contributed by atoms with Crippen LogP contribution in [0.15, 0.2) is 24.2 Å². The molecule has 8 atom stereocenters. The second-order valence-electron chi connectivity index (χ2n) is 13.6. The zero-order chi connectivity index (χ0) is 30.4. The highest BCUT2D eigenvalue weighted by Gasteiger charge is 2.72. The summed E-state index contributed by atoms with van der Waals surface area (Å²) in [5.41, 5.74) is 1.13. The Morgan fingerprint density at radius 3 is 2.67 bits per heavy atom. The Bertz CT molecular complexity index is 1140. The Morgan fingerprint density at radius 1 is 1.33 bits per heavy atom. The van der Waals surface area contributed by atoms with Gasteiger partial charge in [0.25, 0.3) is 6.43 Å². The maximum Gasteiger partial charge on any atom is 0.408 e. The molecule has 4 heterocycles. The van der Waals surface area contributed by atoms with Crippen LogP contribution in [-0.4, -0.2) is 99.8 Å². The maximum atomic E-state index is 13.1. The number of carboxylic acid groups (broad SMARTS) is 1. The van der Waals surface area contributed by atoms with E-state index in [0.29, 0.717) is 38.4 Å². The SMILES string of the molecule is CO[C@@H]1[C@H](N(C(=O)O)[C@H](c2cn(C[C@H]3CCN(CC(F)F)C3)cn2)C(C)C)CC[C@]2(CO2)[C@H]1[C@@]1(C)O[C@@H]1CC=C(C)C. The van der Waals surface area contributed by atoms with Crippen LogP contribution < -0.4 is 0 Å². The molecule has 0 aromatic carbocycles. The van der Waals surface area contributed by atoms with Crippen molar-refractivity contribution in [3.05, 3.63) is 29.9 Å². The Kier molecular flexibility index (Phi) is 9.05. The number of methoxy groups -OCH3 is 1. The Morgan fingerprint density at radius 2 is 2.07 bits per heavy atom. The van der Waals surface area contributed by atoms with Gasteiger partial charge in [0.05, 0.1) is 55.1 Å². The van der Waals surface area contributed by atoms with Gasteiger partial charge in [-0.2, -0.15) is 0 Å². The van der Waals surface area contributed by atoms with E-state index in [2.05, 4.69) is 26.8 Å². The van der Waals surface area contributed by atoms with Crippen LogP contribution in [0, 0.1) is 17.8 Å². The summed E-state index contributed by atoms with van der Waals surface area (Å²) in [4.78, 5) is 21.2. The van der Waals surface area contributed by atoms with E-state index < -0.39 is 36.3 Å². The van der Waals surface area contributed by atoms with Gasteiger partial charge in [0.15, 0.2) is 0 Å². The van der Waals surface area contributed by atoms with E-state index in [4.69, 9.17) is 19.2 Å². The van der Waals surface area contributed by atoms with E-state index in [0.717, 1.165) is 19.3 Å². The number of hydrogen-bond acceptors (Lipinski definition) is 6. The number of nitrogens with zero attached hydrogens (tertiary/aromatic N) is 4. The average Bonchev–Trinajstić information content (AvgIpc) is 3.68. The summed E-state index contributed by atoms with van der Waals surface area (Å²) < 4.78 is 46.3. The third kappa shape index (κ3) is 6.25. The lowest BCUT2D eigenvalue weighted by Gasteiger charge is -2.48. The molecule has 0 unspecified atom stereocenters. The molecule has 42 heavy (non-hydrogen) atoms. The van der Waals surface area contributed by atoms with Crippen molar-refractivity contribution in [3.63, 3.8) is 0 Å². The monoisotopic (exact) mass is 594 g/mol. The molecule has 11 heteroatoms. The van der Waals surface area contributed by atoms with Gasteiger partial charge >= 0.3 is 6.09 Å². The van der Waals surface area contributed by atoms with E-state index in [9.17, 15) is 18.7 Å². The van der Waals surface area contributed by atoms with Crippen LogP contribution in [0.25, 0.3) is 0 Å². The van der Waals surface area contributed by atoms with E-state index >= 15 is 0 Å². The van der Waals surface area contributed by atoms with Crippen molar-refractivity contribution in [2.45, 2.75) is 109 Å². The van der Waals surface area contributed by atoms with Gasteiger partial charge in [0, 0.05) is 32.3 Å². The second-order valence-corrected chi connectivity index (χ2v) is 13.6. The number of halogens is 2. The lowest BCUT2D eigenvalue weighted by Crippen LogP contribution is -2.61. The maximum absolute atomic E-state index is 13.1. The largest absolute Gasteiger partial charge is 0.465 e. The van der Waals surface area contributed by atoms with E-state index in [1.54, 1.807) is 18.3 Å². The predicted octanol–water partition coefficient (Wildman–Crippen LogP) is 5.22. The van der Waals surface area contributed by atoms with Crippen molar-refractivity contribution < 1.29 is 32.9 Å². The number of imidazole rings is 1. The minimum Gasteiger partial charge on any atom is -0.465 e. The van der Waals surface area contributed by atoms with Gasteiger partial charge in [-0.05, 0) is 64.8 Å². The first-order valence-corrected chi connectivity index (χ1v) is 15.4. The molecule has 5 rings (SSSR count). The summed E-state index contributed by atoms with van der Waals surface area (Å²) in [5, 5.41) is 10.7. The number of rotatable bonds is 12. The van der Waals surface area contributed by atoms with Gasteiger partial charge in [-0.1, -0.05) is 25.5 Å². The standard InChI is InChI=1S/C31H48F2N4O5/c1-19(2)7-8-24-30(5,42-24)28-27(40-6)23(9-11-31(28)17-41-31)37(29(38)39)26(20(3)4)22-15-36(18-34-22)14-21-10-12-35(13-21)16-25(32)33/h7,15,18,20-21,23-28H,8-14,16-17H2,1-6H3,(H,38,39)/t21-,23+,24+,26-,27+,28+,30-,31-/m0/s1. The first kappa shape index (κ1) is 31.3. The fourth-order valence-electron chi connectivity index (χ4n) is 7.88. The van der Waals surface area contributed by atoms with Crippen LogP contribution in [0.3, 0.4) is 0 Å². The third-order valence-electron chi connectivity index (χ3n) is 9.96. The third-order valence-corrected chi connectivity index (χ3v) is 9.96. The Hall–Kier alpha value is -2.08. The molecular weight excluding hydrogens is 546 g/mol. The van der Waals surface area contributed by atoms with Crippen molar-refractivity contribution in [2.24, 2.45) is 17.8 Å². The van der Waals surface area contributed by atoms with Gasteiger partial charge in [0.2, 0.25) is 0 Å². The van der Waals surface area contributed by atoms with E-state index in [1.165, 1.54) is 5.57 Å². The predicted molar refractivity (Wildman–Crippen MR) is 154 cm³/mol. The molecular formula is C31H48F2N4O5. The molecule has 3 aliphatic heterocycles. The molecule has 3 saturated heterocycles. The number of hydrogen-bond donors (Lipinski definition) is 1. The van der Waals surface area contributed by atoms with Crippen molar-refractivity contribution >= 4 is 6.09 Å². The number of likely N-dealkylation sites (tertiary alicyclic amines) is 1. The normalized spacial score (nSPS) is 35.1. The molecule has 236 valence electrons. The fraction of sp³-hybridized carbons (Fsp3) is 0.806. The van der Waals surface area contributed by atoms with Gasteiger partial charge in [-0.3, -0.25) is 9.80 Å². The van der Waals surface area contributed by atoms with Gasteiger partial charge in [-0.25, -0.2) is 18.6 Å². The summed E-state index contributed by atoms with van der Waals surface area (Å²) in [6.45, 7) is 12.7. The van der Waals surface area contributed by atoms with Gasteiger partial charge in [0.1, 0.15) is 5.60 Å². The van der Waals surface area contributed by atoms with Crippen molar-refractivity contribution in [1.82, 2.24) is 19.4 Å². The van der Waals surface area contributed by atoms with E-state index in [1.807, 2.05) is 29.5 Å². The lowest BCUT2D eigenvalue weighted by atomic mass is 9.67. The van der Waals surface area contributed by atoms with Crippen molar-refractivity contribution in [1.29, 1.82) is 0 Å². The summed E-state index contributed by atoms with van der Waals surface area (Å²) in [6.07, 6.45) is 5.22. The topological polar surface area (TPSA) is 95.9 Å². The number of carbonyl (C=O) groups is 1. The molecule has 1 aromatic rings. The molecule has 1 N–H and O–H groups in total. The first-order chi connectivity index (χ1) is 19.9. The number of amides is 1. The highest BCUT2D eigenvalue weighted by atomic mass is 19.3. The Labute approximate surface area is 248 Å². The Balaban J connectivity index is 1.37. The van der Waals surface area contributed by atoms with E-state index in [-0.39, 0.29) is 36.0 Å². The van der Waals surface area contributed by atoms with Crippen LogP contribution >= 0.6 is 0 Å².